The van der Waals surface area contributed by atoms with E-state index in [1.54, 1.807) is 6.92 Å². The van der Waals surface area contributed by atoms with Crippen LogP contribution in [0.3, 0.4) is 0 Å². The van der Waals surface area contributed by atoms with Crippen molar-refractivity contribution >= 4 is 65.0 Å². The van der Waals surface area contributed by atoms with Gasteiger partial charge in [-0.1, -0.05) is 0 Å². The molecule has 244 valence electrons. The largest absolute Gasteiger partial charge is 0.346 e. The minimum atomic E-state index is -4.23. The SMILES string of the molecule is Cc1ncnc2c1ncn2[C@@H]1O[C@@H]2COP(O)(=S)O[C@H]3[C@@H](F)[C@H](n4cnc5c4ncn4ncnc54)O[C@@H]3COP(O)(=S)OC2[C@H]1F. The van der Waals surface area contributed by atoms with Crippen LogP contribution in [-0.4, -0.2) is 108 Å². The number of fused-ring (bicyclic) bond motifs is 6. The predicted molar refractivity (Wildman–Crippen MR) is 156 cm³/mol. The number of imidazole rings is 2. The second-order valence-electron chi connectivity index (χ2n) is 10.6. The highest BCUT2D eigenvalue weighted by Crippen LogP contribution is 2.54. The summed E-state index contributed by atoms with van der Waals surface area (Å²) in [4.78, 5) is 47.2. The molecular formula is C22H22F2N10O8P2S2. The van der Waals surface area contributed by atoms with Gasteiger partial charge in [-0.05, 0) is 30.5 Å². The number of hydrogen-bond donors (Lipinski definition) is 2. The molecule has 3 fully saturated rings. The molecule has 3 aliphatic rings. The van der Waals surface area contributed by atoms with E-state index in [2.05, 4.69) is 35.0 Å². The number of rotatable bonds is 2. The molecule has 10 atom stereocenters. The quantitative estimate of drug-likeness (QED) is 0.248. The second-order valence-corrected chi connectivity index (χ2v) is 16.1. The molecule has 18 nitrogen and oxygen atoms in total. The van der Waals surface area contributed by atoms with Crippen LogP contribution in [0.4, 0.5) is 8.78 Å². The van der Waals surface area contributed by atoms with Crippen LogP contribution < -0.4 is 0 Å². The fraction of sp³-hybridized carbons (Fsp3) is 0.500. The average Bonchev–Trinajstić information content (AvgIpc) is 3.83. The number of hydrogen-bond acceptors (Lipinski definition) is 15. The Balaban J connectivity index is 1.08. The number of alkyl halides is 2. The van der Waals surface area contributed by atoms with Crippen molar-refractivity contribution in [1.82, 2.24) is 48.7 Å². The highest BCUT2D eigenvalue weighted by Gasteiger charge is 2.53. The van der Waals surface area contributed by atoms with Gasteiger partial charge in [-0.25, -0.2) is 43.2 Å². The Morgan fingerprint density at radius 3 is 1.89 bits per heavy atom. The molecule has 5 aromatic heterocycles. The zero-order valence-corrected chi connectivity index (χ0v) is 26.6. The van der Waals surface area contributed by atoms with Crippen molar-refractivity contribution in [3.8, 4) is 0 Å². The van der Waals surface area contributed by atoms with Gasteiger partial charge in [-0.15, -0.1) is 0 Å². The second kappa shape index (κ2) is 11.2. The topological polar surface area (TPSA) is 200 Å². The van der Waals surface area contributed by atoms with Crippen molar-refractivity contribution in [3.63, 3.8) is 0 Å². The maximum absolute atomic E-state index is 16.2. The molecule has 3 aliphatic heterocycles. The van der Waals surface area contributed by atoms with Crippen molar-refractivity contribution in [2.45, 2.75) is 56.1 Å². The average molecular weight is 719 g/mol. The van der Waals surface area contributed by atoms with Gasteiger partial charge < -0.3 is 28.3 Å². The molecule has 3 saturated heterocycles. The highest BCUT2D eigenvalue weighted by atomic mass is 32.5. The van der Waals surface area contributed by atoms with Crippen molar-refractivity contribution < 1.29 is 46.1 Å². The number of aromatic nitrogens is 10. The Kier molecular flexibility index (Phi) is 7.51. The third-order valence-electron chi connectivity index (χ3n) is 7.78. The van der Waals surface area contributed by atoms with Crippen LogP contribution in [0, 0.1) is 6.92 Å². The predicted octanol–water partition coefficient (Wildman–Crippen LogP) is 1.34. The van der Waals surface area contributed by atoms with E-state index in [0.717, 1.165) is 0 Å². The van der Waals surface area contributed by atoms with Crippen molar-refractivity contribution in [2.24, 2.45) is 0 Å². The number of nitrogens with zero attached hydrogens (tertiary/aromatic N) is 10. The molecule has 0 amide bonds. The number of aryl methyl sites for hydroxylation is 1. The lowest BCUT2D eigenvalue weighted by Crippen LogP contribution is -2.37. The van der Waals surface area contributed by atoms with Crippen LogP contribution in [0.15, 0.2) is 31.6 Å². The molecule has 0 bridgehead atoms. The van der Waals surface area contributed by atoms with Gasteiger partial charge in [-0.3, -0.25) is 18.2 Å². The number of halogens is 2. The minimum absolute atomic E-state index is 0.225. The Hall–Kier alpha value is -2.59. The fourth-order valence-electron chi connectivity index (χ4n) is 5.65. The molecule has 0 spiro atoms. The van der Waals surface area contributed by atoms with Gasteiger partial charge in [0.15, 0.2) is 47.3 Å². The zero-order chi connectivity index (χ0) is 32.0. The van der Waals surface area contributed by atoms with Gasteiger partial charge in [0.25, 0.3) is 0 Å². The van der Waals surface area contributed by atoms with E-state index < -0.39 is 75.9 Å². The summed E-state index contributed by atoms with van der Waals surface area (Å²) in [6, 6.07) is 0. The first-order chi connectivity index (χ1) is 22.0. The molecule has 0 aromatic carbocycles. The van der Waals surface area contributed by atoms with E-state index in [-0.39, 0.29) is 11.3 Å². The molecule has 0 radical (unpaired) electrons. The first-order valence-electron chi connectivity index (χ1n) is 13.6. The Labute approximate surface area is 266 Å². The summed E-state index contributed by atoms with van der Waals surface area (Å²) in [5.74, 6) is 0. The smallest absolute Gasteiger partial charge is 0.325 e. The fourth-order valence-corrected chi connectivity index (χ4v) is 8.53. The lowest BCUT2D eigenvalue weighted by Gasteiger charge is -2.29. The molecule has 2 N–H and O–H groups in total. The number of ether oxygens (including phenoxy) is 2. The Morgan fingerprint density at radius 1 is 0.739 bits per heavy atom. The summed E-state index contributed by atoms with van der Waals surface area (Å²) in [5, 5.41) is 4.01. The molecule has 24 heteroatoms. The molecule has 0 aliphatic carbocycles. The van der Waals surface area contributed by atoms with Crippen LogP contribution in [0.5, 0.6) is 0 Å². The van der Waals surface area contributed by atoms with Gasteiger partial charge in [-0.2, -0.15) is 5.10 Å². The summed E-state index contributed by atoms with van der Waals surface area (Å²) in [6.07, 6.45) is -5.74. The molecule has 8 rings (SSSR count). The van der Waals surface area contributed by atoms with Crippen molar-refractivity contribution in [1.29, 1.82) is 0 Å². The lowest BCUT2D eigenvalue weighted by atomic mass is 10.1. The first kappa shape index (κ1) is 30.7. The van der Waals surface area contributed by atoms with Crippen molar-refractivity contribution in [2.75, 3.05) is 13.2 Å². The summed E-state index contributed by atoms with van der Waals surface area (Å²) in [7, 11) is 0. The van der Waals surface area contributed by atoms with Crippen molar-refractivity contribution in [3.05, 3.63) is 37.3 Å². The van der Waals surface area contributed by atoms with E-state index in [9.17, 15) is 9.79 Å². The Bertz CT molecular complexity index is 2070. The molecule has 0 saturated carbocycles. The Morgan fingerprint density at radius 2 is 1.28 bits per heavy atom. The van der Waals surface area contributed by atoms with Crippen LogP contribution in [0.1, 0.15) is 18.1 Å². The maximum atomic E-state index is 16.2. The van der Waals surface area contributed by atoms with Gasteiger partial charge in [0, 0.05) is 0 Å². The zero-order valence-electron chi connectivity index (χ0n) is 23.2. The third kappa shape index (κ3) is 5.17. The summed E-state index contributed by atoms with van der Waals surface area (Å²) >= 11 is 10.4. The molecular weight excluding hydrogens is 696 g/mol. The van der Waals surface area contributed by atoms with Gasteiger partial charge in [0.05, 0.1) is 31.6 Å². The summed E-state index contributed by atoms with van der Waals surface area (Å²) in [5.41, 5.74) is 2.20. The van der Waals surface area contributed by atoms with E-state index in [1.807, 2.05) is 0 Å². The van der Waals surface area contributed by atoms with E-state index >= 15 is 8.78 Å². The molecule has 5 aromatic rings. The minimum Gasteiger partial charge on any atom is -0.346 e. The summed E-state index contributed by atoms with van der Waals surface area (Å²) in [6.45, 7) is -7.90. The van der Waals surface area contributed by atoms with E-state index in [1.165, 1.54) is 45.3 Å². The molecule has 46 heavy (non-hydrogen) atoms. The van der Waals surface area contributed by atoms with Crippen LogP contribution in [-0.2, 0) is 51.2 Å². The first-order valence-corrected chi connectivity index (χ1v) is 18.7. The van der Waals surface area contributed by atoms with Crippen LogP contribution in [0.2, 0.25) is 0 Å². The maximum Gasteiger partial charge on any atom is 0.325 e. The lowest BCUT2D eigenvalue weighted by molar-refractivity contribution is -0.0583. The van der Waals surface area contributed by atoms with E-state index in [0.29, 0.717) is 22.4 Å². The third-order valence-corrected chi connectivity index (χ3v) is 10.9. The standard InChI is InChI=1S/C22H22F2N10O8P2S2/c1-9-14-18(26-4-25-9)32(6-28-14)21-12(23)16-10(39-21)2-37-44(36,46)42-17-11(3-38-43(35,45)41-16)40-22(13(17)24)33-7-29-15-19(33)30-8-34-20(15)27-5-31-34/h4-8,10-13,16-17,21-22H,2-3H2,1H3,(H,35,45)(H,36,46)/t10-,11-,12-,13-,16?,17-,21-,22-,43?,44?/m1/s1. The van der Waals surface area contributed by atoms with E-state index in [4.69, 9.17) is 51.2 Å². The normalized spacial score (nSPS) is 37.3. The van der Waals surface area contributed by atoms with Crippen LogP contribution in [0.25, 0.3) is 28.0 Å². The van der Waals surface area contributed by atoms with Gasteiger partial charge >= 0.3 is 13.4 Å². The van der Waals surface area contributed by atoms with Gasteiger partial charge in [0.1, 0.15) is 48.9 Å². The van der Waals surface area contributed by atoms with Crippen LogP contribution >= 0.6 is 13.4 Å². The monoisotopic (exact) mass is 718 g/mol. The molecule has 3 unspecified atom stereocenters. The van der Waals surface area contributed by atoms with Gasteiger partial charge in [0.2, 0.25) is 0 Å². The molecule has 8 heterocycles. The summed E-state index contributed by atoms with van der Waals surface area (Å²) < 4.78 is 70.4. The highest BCUT2D eigenvalue weighted by molar-refractivity contribution is 8.07.